The summed E-state index contributed by atoms with van der Waals surface area (Å²) >= 11 is 0. The first-order chi connectivity index (χ1) is 9.38. The monoisotopic (exact) mass is 294 g/mol. The summed E-state index contributed by atoms with van der Waals surface area (Å²) in [5, 5.41) is 5.65. The zero-order chi connectivity index (χ0) is 14.4. The molecular formula is C14H18N2O3S. The van der Waals surface area contributed by atoms with Gasteiger partial charge in [0.25, 0.3) is 0 Å². The van der Waals surface area contributed by atoms with Gasteiger partial charge < -0.3 is 10.6 Å². The molecule has 3 rings (SSSR count). The molecule has 0 unspecified atom stereocenters. The minimum Gasteiger partial charge on any atom is -0.333 e. The third-order valence-corrected chi connectivity index (χ3v) is 5.96. The number of rotatable bonds is 2. The minimum absolute atomic E-state index is 0.118. The van der Waals surface area contributed by atoms with E-state index in [-0.39, 0.29) is 17.3 Å². The second kappa shape index (κ2) is 4.48. The van der Waals surface area contributed by atoms with Crippen LogP contribution in [0.1, 0.15) is 31.7 Å². The van der Waals surface area contributed by atoms with Gasteiger partial charge in [-0.25, -0.2) is 13.2 Å². The molecule has 1 heterocycles. The molecule has 2 amide bonds. The Morgan fingerprint density at radius 3 is 2.70 bits per heavy atom. The number of hydrogen-bond acceptors (Lipinski definition) is 3. The Labute approximate surface area is 118 Å². The molecule has 0 aromatic heterocycles. The third kappa shape index (κ3) is 2.40. The molecule has 1 aromatic rings. The van der Waals surface area contributed by atoms with Crippen LogP contribution in [-0.2, 0) is 16.3 Å². The lowest BCUT2D eigenvalue weighted by Crippen LogP contribution is -2.52. The smallest absolute Gasteiger partial charge is 0.319 e. The summed E-state index contributed by atoms with van der Waals surface area (Å²) in [6.45, 7) is 2.02. The van der Waals surface area contributed by atoms with E-state index in [0.29, 0.717) is 17.0 Å². The molecule has 0 spiro atoms. The van der Waals surface area contributed by atoms with Crippen LogP contribution >= 0.6 is 0 Å². The van der Waals surface area contributed by atoms with Crippen molar-refractivity contribution in [1.82, 2.24) is 5.32 Å². The van der Waals surface area contributed by atoms with Gasteiger partial charge in [0.1, 0.15) is 0 Å². The van der Waals surface area contributed by atoms with Crippen LogP contribution in [0.15, 0.2) is 23.1 Å². The lowest BCUT2D eigenvalue weighted by Gasteiger charge is -2.39. The SMILES string of the molecule is CC1(NC(=O)Nc2ccc3c(c2)S(=O)(=O)CC3)CCC1. The molecule has 1 aliphatic heterocycles. The van der Waals surface area contributed by atoms with Crippen LogP contribution in [0.2, 0.25) is 0 Å². The Morgan fingerprint density at radius 2 is 2.05 bits per heavy atom. The largest absolute Gasteiger partial charge is 0.333 e. The molecule has 6 heteroatoms. The van der Waals surface area contributed by atoms with Gasteiger partial charge in [0.2, 0.25) is 0 Å². The number of fused-ring (bicyclic) bond motifs is 1. The summed E-state index contributed by atoms with van der Waals surface area (Å²) in [7, 11) is -3.16. The van der Waals surface area contributed by atoms with Crippen molar-refractivity contribution in [3.05, 3.63) is 23.8 Å². The summed E-state index contributed by atoms with van der Waals surface area (Å²) in [5.41, 5.74) is 1.24. The Hall–Kier alpha value is -1.56. The summed E-state index contributed by atoms with van der Waals surface area (Å²) in [4.78, 5) is 12.3. The van der Waals surface area contributed by atoms with Gasteiger partial charge >= 0.3 is 6.03 Å². The van der Waals surface area contributed by atoms with E-state index in [1.165, 1.54) is 0 Å². The predicted octanol–water partition coefficient (Wildman–Crippen LogP) is 2.08. The highest BCUT2D eigenvalue weighted by Crippen LogP contribution is 2.31. The van der Waals surface area contributed by atoms with Crippen molar-refractivity contribution >= 4 is 21.6 Å². The molecule has 20 heavy (non-hydrogen) atoms. The number of urea groups is 1. The zero-order valence-corrected chi connectivity index (χ0v) is 12.2. The van der Waals surface area contributed by atoms with Gasteiger partial charge in [-0.15, -0.1) is 0 Å². The second-order valence-electron chi connectivity index (χ2n) is 5.88. The minimum atomic E-state index is -3.16. The number of carbonyl (C=O) groups is 1. The standard InChI is InChI=1S/C14H18N2O3S/c1-14(6-2-7-14)16-13(17)15-11-4-3-10-5-8-20(18,19)12(10)9-11/h3-4,9H,2,5-8H2,1H3,(H2,15,16,17). The molecule has 0 bridgehead atoms. The van der Waals surface area contributed by atoms with Crippen molar-refractivity contribution in [2.75, 3.05) is 11.1 Å². The Balaban J connectivity index is 1.74. The molecule has 1 saturated carbocycles. The molecule has 0 saturated heterocycles. The number of aryl methyl sites for hydroxylation is 1. The van der Waals surface area contributed by atoms with Crippen molar-refractivity contribution < 1.29 is 13.2 Å². The van der Waals surface area contributed by atoms with Gasteiger partial charge in [0.15, 0.2) is 9.84 Å². The van der Waals surface area contributed by atoms with Crippen LogP contribution < -0.4 is 10.6 Å². The van der Waals surface area contributed by atoms with E-state index < -0.39 is 9.84 Å². The van der Waals surface area contributed by atoms with Gasteiger partial charge in [0.05, 0.1) is 10.6 Å². The third-order valence-electron chi connectivity index (χ3n) is 4.17. The molecule has 5 nitrogen and oxygen atoms in total. The van der Waals surface area contributed by atoms with Crippen molar-refractivity contribution in [2.24, 2.45) is 0 Å². The maximum absolute atomic E-state index is 11.9. The van der Waals surface area contributed by atoms with Crippen molar-refractivity contribution in [3.8, 4) is 0 Å². The number of sulfone groups is 1. The first kappa shape index (κ1) is 13.4. The molecule has 2 aliphatic rings. The average molecular weight is 294 g/mol. The first-order valence-corrected chi connectivity index (χ1v) is 8.48. The lowest BCUT2D eigenvalue weighted by atomic mass is 9.79. The van der Waals surface area contributed by atoms with Gasteiger partial charge in [-0.1, -0.05) is 6.07 Å². The highest BCUT2D eigenvalue weighted by molar-refractivity contribution is 7.91. The summed E-state index contributed by atoms with van der Waals surface area (Å²) in [6, 6.07) is 4.81. The Bertz CT molecular complexity index is 663. The van der Waals surface area contributed by atoms with Gasteiger partial charge in [-0.2, -0.15) is 0 Å². The maximum atomic E-state index is 11.9. The number of amides is 2. The molecule has 1 aliphatic carbocycles. The van der Waals surface area contributed by atoms with Crippen LogP contribution in [0.3, 0.4) is 0 Å². The molecule has 0 radical (unpaired) electrons. The molecule has 1 fully saturated rings. The molecule has 108 valence electrons. The van der Waals surface area contributed by atoms with Gasteiger partial charge in [0, 0.05) is 11.2 Å². The molecular weight excluding hydrogens is 276 g/mol. The van der Waals surface area contributed by atoms with Crippen LogP contribution in [-0.4, -0.2) is 25.7 Å². The van der Waals surface area contributed by atoms with E-state index in [0.717, 1.165) is 24.8 Å². The number of hydrogen-bond donors (Lipinski definition) is 2. The van der Waals surface area contributed by atoms with E-state index >= 15 is 0 Å². The van der Waals surface area contributed by atoms with Gasteiger partial charge in [-0.3, -0.25) is 0 Å². The predicted molar refractivity (Wildman–Crippen MR) is 76.6 cm³/mol. The fourth-order valence-corrected chi connectivity index (χ4v) is 4.34. The topological polar surface area (TPSA) is 75.3 Å². The number of carbonyl (C=O) groups excluding carboxylic acids is 1. The normalized spacial score (nSPS) is 21.6. The van der Waals surface area contributed by atoms with Crippen LogP contribution in [0.25, 0.3) is 0 Å². The molecule has 0 atom stereocenters. The van der Waals surface area contributed by atoms with Gasteiger partial charge in [-0.05, 0) is 50.3 Å². The fourth-order valence-electron chi connectivity index (χ4n) is 2.75. The molecule has 1 aromatic carbocycles. The summed E-state index contributed by atoms with van der Waals surface area (Å²) in [5.74, 6) is 0.163. The number of benzene rings is 1. The van der Waals surface area contributed by atoms with Crippen molar-refractivity contribution in [2.45, 2.75) is 43.0 Å². The average Bonchev–Trinajstić information content (AvgIpc) is 2.63. The Kier molecular flexibility index (Phi) is 3.01. The number of nitrogens with one attached hydrogen (secondary N) is 2. The summed E-state index contributed by atoms with van der Waals surface area (Å²) < 4.78 is 23.7. The van der Waals surface area contributed by atoms with E-state index in [4.69, 9.17) is 0 Å². The van der Waals surface area contributed by atoms with E-state index in [1.54, 1.807) is 18.2 Å². The molecule has 2 N–H and O–H groups in total. The fraction of sp³-hybridized carbons (Fsp3) is 0.500. The summed E-state index contributed by atoms with van der Waals surface area (Å²) in [6.07, 6.45) is 3.66. The van der Waals surface area contributed by atoms with E-state index in [2.05, 4.69) is 10.6 Å². The zero-order valence-electron chi connectivity index (χ0n) is 11.4. The van der Waals surface area contributed by atoms with Crippen LogP contribution in [0.5, 0.6) is 0 Å². The highest BCUT2D eigenvalue weighted by atomic mass is 32.2. The lowest BCUT2D eigenvalue weighted by molar-refractivity contribution is 0.200. The number of anilines is 1. The van der Waals surface area contributed by atoms with E-state index in [9.17, 15) is 13.2 Å². The Morgan fingerprint density at radius 1 is 1.30 bits per heavy atom. The highest BCUT2D eigenvalue weighted by Gasteiger charge is 2.33. The first-order valence-electron chi connectivity index (χ1n) is 6.83. The van der Waals surface area contributed by atoms with E-state index in [1.807, 2.05) is 6.92 Å². The van der Waals surface area contributed by atoms with Crippen molar-refractivity contribution in [3.63, 3.8) is 0 Å². The van der Waals surface area contributed by atoms with Crippen LogP contribution in [0.4, 0.5) is 10.5 Å². The second-order valence-corrected chi connectivity index (χ2v) is 7.96. The van der Waals surface area contributed by atoms with Crippen LogP contribution in [0, 0.1) is 0 Å². The van der Waals surface area contributed by atoms with Crippen molar-refractivity contribution in [1.29, 1.82) is 0 Å². The maximum Gasteiger partial charge on any atom is 0.319 e. The quantitative estimate of drug-likeness (QED) is 0.877.